The minimum absolute atomic E-state index is 0.199. The average molecular weight is 355 g/mol. The average Bonchev–Trinajstić information content (AvgIpc) is 2.93. The van der Waals surface area contributed by atoms with Crippen LogP contribution in [0.3, 0.4) is 0 Å². The van der Waals surface area contributed by atoms with Crippen molar-refractivity contribution in [3.8, 4) is 0 Å². The first-order valence-corrected chi connectivity index (χ1v) is 7.90. The van der Waals surface area contributed by atoms with E-state index in [0.717, 1.165) is 23.0 Å². The van der Waals surface area contributed by atoms with Gasteiger partial charge in [0.1, 0.15) is 0 Å². The quantitative estimate of drug-likeness (QED) is 0.836. The Morgan fingerprint density at radius 2 is 2.05 bits per heavy atom. The number of hydrogen-bond acceptors (Lipinski definition) is 5. The summed E-state index contributed by atoms with van der Waals surface area (Å²) in [5.41, 5.74) is 1.04. The molecule has 106 valence electrons. The fourth-order valence-corrected chi connectivity index (χ4v) is 2.43. The molecule has 0 fully saturated rings. The number of benzene rings is 1. The Morgan fingerprint density at radius 3 is 2.75 bits per heavy atom. The summed E-state index contributed by atoms with van der Waals surface area (Å²) in [6.45, 7) is 3.37. The maximum absolute atomic E-state index is 11.9. The van der Waals surface area contributed by atoms with Crippen molar-refractivity contribution in [1.29, 1.82) is 0 Å². The molecule has 0 aliphatic rings. The van der Waals surface area contributed by atoms with Gasteiger partial charge in [-0.15, -0.1) is 10.2 Å². The number of halogens is 1. The van der Waals surface area contributed by atoms with Gasteiger partial charge in [0.05, 0.1) is 0 Å². The molecule has 0 aliphatic carbocycles. The lowest BCUT2D eigenvalue weighted by Crippen LogP contribution is -2.22. The second-order valence-electron chi connectivity index (χ2n) is 4.15. The molecule has 0 saturated carbocycles. The van der Waals surface area contributed by atoms with Crippen LogP contribution in [-0.2, 0) is 6.54 Å². The van der Waals surface area contributed by atoms with Crippen molar-refractivity contribution in [2.24, 2.45) is 0 Å². The molecule has 1 aromatic heterocycles. The minimum Gasteiger partial charge on any atom is -0.360 e. The van der Waals surface area contributed by atoms with Crippen molar-refractivity contribution in [1.82, 2.24) is 15.5 Å². The summed E-state index contributed by atoms with van der Waals surface area (Å²) in [5.74, 6) is -0.199. The van der Waals surface area contributed by atoms with Crippen molar-refractivity contribution in [3.63, 3.8) is 0 Å². The topological polar surface area (TPSA) is 66.9 Å². The number of carbonyl (C=O) groups is 1. The predicted octanol–water partition coefficient (Wildman–Crippen LogP) is 3.05. The Hall–Kier alpha value is -1.47. The van der Waals surface area contributed by atoms with Crippen molar-refractivity contribution in [2.75, 3.05) is 11.9 Å². The first kappa shape index (κ1) is 14.9. The highest BCUT2D eigenvalue weighted by Gasteiger charge is 2.12. The lowest BCUT2D eigenvalue weighted by Gasteiger charge is -2.02. The molecular weight excluding hydrogens is 340 g/mol. The molecule has 0 unspecified atom stereocenters. The second kappa shape index (κ2) is 7.35. The fraction of sp³-hybridized carbons (Fsp3) is 0.308. The molecule has 2 N–H and O–H groups in total. The number of carbonyl (C=O) groups excluding carboxylic acids is 1. The van der Waals surface area contributed by atoms with E-state index in [-0.39, 0.29) is 5.91 Å². The molecule has 0 saturated heterocycles. The highest BCUT2D eigenvalue weighted by molar-refractivity contribution is 9.10. The van der Waals surface area contributed by atoms with Gasteiger partial charge in [0.2, 0.25) is 10.1 Å². The summed E-state index contributed by atoms with van der Waals surface area (Å²) < 4.78 is 1.02. The van der Waals surface area contributed by atoms with E-state index in [4.69, 9.17) is 0 Å². The summed E-state index contributed by atoms with van der Waals surface area (Å²) in [5, 5.41) is 14.8. The Labute approximate surface area is 129 Å². The van der Waals surface area contributed by atoms with Crippen LogP contribution in [0, 0.1) is 0 Å². The zero-order valence-corrected chi connectivity index (χ0v) is 13.4. The van der Waals surface area contributed by atoms with Crippen molar-refractivity contribution in [2.45, 2.75) is 19.9 Å². The van der Waals surface area contributed by atoms with Crippen LogP contribution in [0.2, 0.25) is 0 Å². The summed E-state index contributed by atoms with van der Waals surface area (Å²) in [7, 11) is 0. The number of anilines is 1. The Morgan fingerprint density at radius 1 is 1.30 bits per heavy atom. The van der Waals surface area contributed by atoms with E-state index in [0.29, 0.717) is 16.7 Å². The van der Waals surface area contributed by atoms with Crippen LogP contribution in [0.15, 0.2) is 28.7 Å². The van der Waals surface area contributed by atoms with E-state index in [1.807, 2.05) is 24.3 Å². The number of rotatable bonds is 6. The van der Waals surface area contributed by atoms with Gasteiger partial charge in [-0.05, 0) is 24.1 Å². The number of nitrogens with zero attached hydrogens (tertiary/aromatic N) is 2. The molecule has 20 heavy (non-hydrogen) atoms. The van der Waals surface area contributed by atoms with Crippen molar-refractivity contribution >= 4 is 38.3 Å². The third-order valence-electron chi connectivity index (χ3n) is 2.51. The molecule has 5 nitrogen and oxygen atoms in total. The smallest absolute Gasteiger partial charge is 0.282 e. The third kappa shape index (κ3) is 4.28. The first-order valence-electron chi connectivity index (χ1n) is 6.29. The predicted molar refractivity (Wildman–Crippen MR) is 84.0 cm³/mol. The van der Waals surface area contributed by atoms with Gasteiger partial charge in [0, 0.05) is 17.6 Å². The molecule has 1 aromatic carbocycles. The van der Waals surface area contributed by atoms with Gasteiger partial charge in [-0.25, -0.2) is 0 Å². The van der Waals surface area contributed by atoms with E-state index in [1.165, 1.54) is 11.3 Å². The lowest BCUT2D eigenvalue weighted by atomic mass is 10.2. The SMILES string of the molecule is CCCNc1nnc(C(=O)NCc2ccc(Br)cc2)s1. The summed E-state index contributed by atoms with van der Waals surface area (Å²) >= 11 is 4.64. The second-order valence-corrected chi connectivity index (χ2v) is 6.04. The molecule has 0 spiro atoms. The molecule has 0 aliphatic heterocycles. The van der Waals surface area contributed by atoms with Crippen LogP contribution in [-0.4, -0.2) is 22.6 Å². The van der Waals surface area contributed by atoms with Gasteiger partial charge < -0.3 is 10.6 Å². The van der Waals surface area contributed by atoms with Crippen molar-refractivity contribution < 1.29 is 4.79 Å². The third-order valence-corrected chi connectivity index (χ3v) is 3.92. The molecule has 2 rings (SSSR count). The Balaban J connectivity index is 1.88. The molecule has 7 heteroatoms. The molecule has 1 amide bonds. The molecular formula is C13H15BrN4OS. The van der Waals surface area contributed by atoms with Crippen LogP contribution in [0.25, 0.3) is 0 Å². The summed E-state index contributed by atoms with van der Waals surface area (Å²) in [4.78, 5) is 11.9. The zero-order chi connectivity index (χ0) is 14.4. The zero-order valence-electron chi connectivity index (χ0n) is 11.0. The van der Waals surface area contributed by atoms with E-state index >= 15 is 0 Å². The maximum atomic E-state index is 11.9. The number of amides is 1. The largest absolute Gasteiger partial charge is 0.360 e. The number of nitrogens with one attached hydrogen (secondary N) is 2. The van der Waals surface area contributed by atoms with Gasteiger partial charge >= 0.3 is 0 Å². The molecule has 1 heterocycles. The number of aromatic nitrogens is 2. The highest BCUT2D eigenvalue weighted by atomic mass is 79.9. The van der Waals surface area contributed by atoms with Gasteiger partial charge in [0.15, 0.2) is 0 Å². The highest BCUT2D eigenvalue weighted by Crippen LogP contribution is 2.15. The molecule has 0 bridgehead atoms. The minimum atomic E-state index is -0.199. The molecule has 2 aromatic rings. The monoisotopic (exact) mass is 354 g/mol. The normalized spacial score (nSPS) is 10.3. The van der Waals surface area contributed by atoms with Crippen LogP contribution in [0.4, 0.5) is 5.13 Å². The molecule has 0 atom stereocenters. The number of hydrogen-bond donors (Lipinski definition) is 2. The lowest BCUT2D eigenvalue weighted by molar-refractivity contribution is 0.0950. The fourth-order valence-electron chi connectivity index (χ4n) is 1.48. The van der Waals surface area contributed by atoms with Gasteiger partial charge in [0.25, 0.3) is 5.91 Å². The van der Waals surface area contributed by atoms with Crippen LogP contribution < -0.4 is 10.6 Å². The van der Waals surface area contributed by atoms with E-state index in [9.17, 15) is 4.79 Å². The van der Waals surface area contributed by atoms with Crippen molar-refractivity contribution in [3.05, 3.63) is 39.3 Å². The summed E-state index contributed by atoms with van der Waals surface area (Å²) in [6, 6.07) is 7.80. The summed E-state index contributed by atoms with van der Waals surface area (Å²) in [6.07, 6.45) is 1.00. The first-order chi connectivity index (χ1) is 9.69. The molecule has 0 radical (unpaired) electrons. The van der Waals surface area contributed by atoms with E-state index in [2.05, 4.69) is 43.7 Å². The van der Waals surface area contributed by atoms with Crippen LogP contribution in [0.1, 0.15) is 28.7 Å². The van der Waals surface area contributed by atoms with Gasteiger partial charge in [-0.3, -0.25) is 4.79 Å². The van der Waals surface area contributed by atoms with Gasteiger partial charge in [-0.1, -0.05) is 46.3 Å². The van der Waals surface area contributed by atoms with E-state index < -0.39 is 0 Å². The standard InChI is InChI=1S/C13H15BrN4OS/c1-2-7-15-13-18-17-12(20-13)11(19)16-8-9-3-5-10(14)6-4-9/h3-6H,2,7-8H2,1H3,(H,15,18)(H,16,19). The van der Waals surface area contributed by atoms with Gasteiger partial charge in [-0.2, -0.15) is 0 Å². The van der Waals surface area contributed by atoms with E-state index in [1.54, 1.807) is 0 Å². The van der Waals surface area contributed by atoms with Crippen LogP contribution in [0.5, 0.6) is 0 Å². The maximum Gasteiger partial charge on any atom is 0.282 e. The Bertz CT molecular complexity index is 570. The van der Waals surface area contributed by atoms with Crippen LogP contribution >= 0.6 is 27.3 Å². The Kier molecular flexibility index (Phi) is 5.49.